The second-order valence-electron chi connectivity index (χ2n) is 3.37. The number of likely N-dealkylation sites (N-methyl/N-ethyl adjacent to an activating group) is 1. The van der Waals surface area contributed by atoms with E-state index in [1.54, 1.807) is 0 Å². The van der Waals surface area contributed by atoms with Gasteiger partial charge in [0.1, 0.15) is 24.4 Å². The Bertz CT molecular complexity index is 228. The molecule has 8 heteroatoms. The van der Waals surface area contributed by atoms with Crippen molar-refractivity contribution in [3.8, 4) is 0 Å². The maximum absolute atomic E-state index is 10.2. The van der Waals surface area contributed by atoms with Crippen molar-refractivity contribution in [2.45, 2.75) is 30.6 Å². The Morgan fingerprint density at radius 2 is 1.93 bits per heavy atom. The molecule has 1 rings (SSSR count). The van der Waals surface area contributed by atoms with Crippen molar-refractivity contribution in [2.24, 2.45) is 5.29 Å². The van der Waals surface area contributed by atoms with Crippen LogP contribution in [-0.2, 0) is 4.74 Å². The average Bonchev–Trinajstić information content (AvgIpc) is 2.23. The molecule has 15 heavy (non-hydrogen) atoms. The van der Waals surface area contributed by atoms with Gasteiger partial charge in [-0.1, -0.05) is 0 Å². The summed E-state index contributed by atoms with van der Waals surface area (Å²) < 4.78 is 4.81. The Morgan fingerprint density at radius 3 is 2.40 bits per heavy atom. The summed E-state index contributed by atoms with van der Waals surface area (Å²) in [7, 11) is 1.24. The summed E-state index contributed by atoms with van der Waals surface area (Å²) in [5, 5.41) is 40.5. The molecule has 0 saturated carbocycles. The fourth-order valence-corrected chi connectivity index (χ4v) is 1.54. The predicted molar refractivity (Wildman–Crippen MR) is 47.3 cm³/mol. The molecule has 0 aromatic rings. The molecule has 0 radical (unpaired) electrons. The number of nitrogens with zero attached hydrogens (tertiary/aromatic N) is 2. The lowest BCUT2D eigenvalue weighted by Gasteiger charge is -2.41. The predicted octanol–water partition coefficient (Wildman–Crippen LogP) is -2.60. The number of nitroso groups, excluding NO2 is 1. The van der Waals surface area contributed by atoms with Gasteiger partial charge in [-0.05, 0) is 0 Å². The minimum absolute atomic E-state index is 0.541. The van der Waals surface area contributed by atoms with E-state index in [0.29, 0.717) is 0 Å². The molecule has 4 N–H and O–H groups in total. The van der Waals surface area contributed by atoms with E-state index in [0.717, 1.165) is 5.01 Å². The second kappa shape index (κ2) is 4.81. The summed E-state index contributed by atoms with van der Waals surface area (Å²) >= 11 is 0. The molecule has 1 aliphatic rings. The SMILES string of the molecule is CN(N=O)[C@@H]1[C@@H](O)[C@H](O)[C@@H](CO)O[C@H]1O. The van der Waals surface area contributed by atoms with Crippen LogP contribution in [0.25, 0.3) is 0 Å². The Balaban J connectivity index is 2.78. The van der Waals surface area contributed by atoms with Gasteiger partial charge in [0.05, 0.1) is 11.9 Å². The Kier molecular flexibility index (Phi) is 3.94. The first-order valence-corrected chi connectivity index (χ1v) is 4.39. The molecule has 5 atom stereocenters. The number of hydrogen-bond acceptors (Lipinski definition) is 7. The zero-order chi connectivity index (χ0) is 11.6. The van der Waals surface area contributed by atoms with Crippen LogP contribution < -0.4 is 0 Å². The third-order valence-corrected chi connectivity index (χ3v) is 2.43. The van der Waals surface area contributed by atoms with Crippen LogP contribution in [-0.4, -0.2) is 69.7 Å². The zero-order valence-corrected chi connectivity index (χ0v) is 8.09. The fourth-order valence-electron chi connectivity index (χ4n) is 1.54. The smallest absolute Gasteiger partial charge is 0.180 e. The van der Waals surface area contributed by atoms with Gasteiger partial charge in [0.25, 0.3) is 0 Å². The molecule has 0 bridgehead atoms. The molecule has 1 aliphatic heterocycles. The van der Waals surface area contributed by atoms with Crippen molar-refractivity contribution in [1.29, 1.82) is 0 Å². The minimum atomic E-state index is -1.50. The van der Waals surface area contributed by atoms with E-state index in [4.69, 9.17) is 9.84 Å². The van der Waals surface area contributed by atoms with Crippen LogP contribution in [0.5, 0.6) is 0 Å². The highest BCUT2D eigenvalue weighted by Gasteiger charge is 2.45. The lowest BCUT2D eigenvalue weighted by atomic mass is 9.97. The van der Waals surface area contributed by atoms with E-state index in [-0.39, 0.29) is 0 Å². The Hall–Kier alpha value is -0.800. The first-order valence-electron chi connectivity index (χ1n) is 4.39. The number of aliphatic hydroxyl groups excluding tert-OH is 4. The van der Waals surface area contributed by atoms with Gasteiger partial charge < -0.3 is 25.2 Å². The van der Waals surface area contributed by atoms with Crippen LogP contribution >= 0.6 is 0 Å². The van der Waals surface area contributed by atoms with Crippen molar-refractivity contribution in [1.82, 2.24) is 5.01 Å². The number of hydrogen-bond donors (Lipinski definition) is 4. The summed E-state index contributed by atoms with van der Waals surface area (Å²) in [4.78, 5) is 10.2. The van der Waals surface area contributed by atoms with E-state index in [1.807, 2.05) is 0 Å². The zero-order valence-electron chi connectivity index (χ0n) is 8.09. The van der Waals surface area contributed by atoms with Crippen molar-refractivity contribution < 1.29 is 25.2 Å². The van der Waals surface area contributed by atoms with Gasteiger partial charge in [0.15, 0.2) is 6.29 Å². The lowest BCUT2D eigenvalue weighted by molar-refractivity contribution is -0.270. The highest BCUT2D eigenvalue weighted by atomic mass is 16.6. The highest BCUT2D eigenvalue weighted by molar-refractivity contribution is 4.92. The highest BCUT2D eigenvalue weighted by Crippen LogP contribution is 2.23. The lowest BCUT2D eigenvalue weighted by Crippen LogP contribution is -2.62. The van der Waals surface area contributed by atoms with Crippen molar-refractivity contribution >= 4 is 0 Å². The fraction of sp³-hybridized carbons (Fsp3) is 1.00. The monoisotopic (exact) mass is 222 g/mol. The van der Waals surface area contributed by atoms with Gasteiger partial charge in [-0.15, -0.1) is 4.91 Å². The van der Waals surface area contributed by atoms with Crippen LogP contribution in [0.15, 0.2) is 5.29 Å². The molecular formula is C7H14N2O6. The van der Waals surface area contributed by atoms with Gasteiger partial charge in [0, 0.05) is 7.05 Å². The molecule has 0 aromatic carbocycles. The van der Waals surface area contributed by atoms with E-state index in [1.165, 1.54) is 7.05 Å². The van der Waals surface area contributed by atoms with Crippen LogP contribution in [0.2, 0.25) is 0 Å². The summed E-state index contributed by atoms with van der Waals surface area (Å²) in [5.74, 6) is 0. The molecule has 0 spiro atoms. The molecule has 1 saturated heterocycles. The number of ether oxygens (including phenoxy) is 1. The molecule has 0 amide bonds. The standard InChI is InChI=1S/C7H14N2O6/c1-9(8-14)4-6(12)5(11)3(2-10)15-7(4)13/h3-7,10-13H,2H2,1H3/t3-,4-,5-,6-,7-/m1/s1. The molecule has 1 heterocycles. The van der Waals surface area contributed by atoms with Crippen molar-refractivity contribution in [3.63, 3.8) is 0 Å². The third-order valence-electron chi connectivity index (χ3n) is 2.43. The maximum atomic E-state index is 10.2. The largest absolute Gasteiger partial charge is 0.394 e. The molecule has 8 nitrogen and oxygen atoms in total. The summed E-state index contributed by atoms with van der Waals surface area (Å²) in [6, 6.07) is -1.15. The first-order chi connectivity index (χ1) is 7.02. The van der Waals surface area contributed by atoms with E-state index in [9.17, 15) is 20.2 Å². The first kappa shape index (κ1) is 12.3. The Morgan fingerprint density at radius 1 is 1.33 bits per heavy atom. The summed E-state index contributed by atoms with van der Waals surface area (Å²) in [6.45, 7) is -0.541. The molecule has 0 aromatic heterocycles. The van der Waals surface area contributed by atoms with Gasteiger partial charge in [-0.2, -0.15) is 0 Å². The topological polar surface area (TPSA) is 123 Å². The van der Waals surface area contributed by atoms with E-state index >= 15 is 0 Å². The van der Waals surface area contributed by atoms with Gasteiger partial charge in [0.2, 0.25) is 0 Å². The van der Waals surface area contributed by atoms with Crippen LogP contribution in [0.4, 0.5) is 0 Å². The number of aliphatic hydroxyl groups is 4. The van der Waals surface area contributed by atoms with Gasteiger partial charge in [-0.3, -0.25) is 5.01 Å². The molecule has 1 fully saturated rings. The van der Waals surface area contributed by atoms with E-state index < -0.39 is 37.3 Å². The van der Waals surface area contributed by atoms with Crippen molar-refractivity contribution in [2.75, 3.05) is 13.7 Å². The number of rotatable bonds is 3. The minimum Gasteiger partial charge on any atom is -0.394 e. The van der Waals surface area contributed by atoms with Crippen LogP contribution in [0, 0.1) is 4.91 Å². The van der Waals surface area contributed by atoms with Crippen molar-refractivity contribution in [3.05, 3.63) is 4.91 Å². The summed E-state index contributed by atoms with van der Waals surface area (Å²) in [5.41, 5.74) is 0. The molecule has 88 valence electrons. The molecule has 0 unspecified atom stereocenters. The molecular weight excluding hydrogens is 208 g/mol. The third kappa shape index (κ3) is 2.24. The normalized spacial score (nSPS) is 41.3. The maximum Gasteiger partial charge on any atom is 0.180 e. The van der Waals surface area contributed by atoms with Gasteiger partial charge in [-0.25, -0.2) is 0 Å². The Labute approximate surface area is 85.6 Å². The van der Waals surface area contributed by atoms with E-state index in [2.05, 4.69) is 5.29 Å². The summed E-state index contributed by atoms with van der Waals surface area (Å²) in [6.07, 6.45) is -5.38. The second-order valence-corrected chi connectivity index (χ2v) is 3.37. The molecule has 0 aliphatic carbocycles. The van der Waals surface area contributed by atoms with Crippen LogP contribution in [0.3, 0.4) is 0 Å². The van der Waals surface area contributed by atoms with Crippen LogP contribution in [0.1, 0.15) is 0 Å². The quantitative estimate of drug-likeness (QED) is 0.305. The van der Waals surface area contributed by atoms with Gasteiger partial charge >= 0.3 is 0 Å². The average molecular weight is 222 g/mol.